The van der Waals surface area contributed by atoms with E-state index in [1.54, 1.807) is 25.7 Å². The lowest BCUT2D eigenvalue weighted by atomic mass is 10.0. The van der Waals surface area contributed by atoms with Crippen molar-refractivity contribution in [1.82, 2.24) is 19.4 Å². The van der Waals surface area contributed by atoms with Gasteiger partial charge in [-0.25, -0.2) is 13.9 Å². The highest BCUT2D eigenvalue weighted by Crippen LogP contribution is 2.35. The van der Waals surface area contributed by atoms with Gasteiger partial charge in [0.2, 0.25) is 0 Å². The van der Waals surface area contributed by atoms with E-state index in [1.165, 1.54) is 4.90 Å². The Labute approximate surface area is 163 Å². The number of rotatable bonds is 2. The van der Waals surface area contributed by atoms with Gasteiger partial charge in [-0.15, -0.1) is 0 Å². The summed E-state index contributed by atoms with van der Waals surface area (Å²) in [5.41, 5.74) is -0.570. The number of fused-ring (bicyclic) bond motifs is 1. The Bertz CT molecular complexity index is 770. The number of hydrogen-bond donors (Lipinski definition) is 2. The molecule has 2 atom stereocenters. The van der Waals surface area contributed by atoms with Crippen LogP contribution in [0.1, 0.15) is 40.0 Å². The van der Waals surface area contributed by atoms with Crippen molar-refractivity contribution in [3.63, 3.8) is 0 Å². The van der Waals surface area contributed by atoms with Crippen LogP contribution in [0, 0.1) is 0 Å². The highest BCUT2D eigenvalue weighted by Gasteiger charge is 2.60. The number of nitrogens with zero attached hydrogens (tertiary/aromatic N) is 3. The molecule has 3 saturated heterocycles. The molecule has 3 fully saturated rings. The molecule has 0 spiro atoms. The lowest BCUT2D eigenvalue weighted by Crippen LogP contribution is -2.69. The fourth-order valence-corrected chi connectivity index (χ4v) is 4.73. The molecule has 0 aromatic rings. The zero-order valence-corrected chi connectivity index (χ0v) is 16.9. The molecule has 0 aromatic heterocycles. The number of likely N-dealkylation sites (tertiary alicyclic amines) is 2. The van der Waals surface area contributed by atoms with E-state index in [1.807, 2.05) is 0 Å². The fourth-order valence-electron chi connectivity index (χ4n) is 3.83. The van der Waals surface area contributed by atoms with Gasteiger partial charge in [0.05, 0.1) is 6.04 Å². The topological polar surface area (TPSA) is 137 Å². The van der Waals surface area contributed by atoms with Gasteiger partial charge in [-0.2, -0.15) is 8.42 Å². The minimum atomic E-state index is -4.60. The van der Waals surface area contributed by atoms with Crippen molar-refractivity contribution in [3.8, 4) is 0 Å². The zero-order valence-electron chi connectivity index (χ0n) is 16.1. The molecule has 4 amide bonds. The van der Waals surface area contributed by atoms with Crippen molar-refractivity contribution < 1.29 is 32.1 Å². The predicted octanol–water partition coefficient (Wildman–Crippen LogP) is 0.183. The van der Waals surface area contributed by atoms with E-state index in [0.717, 1.165) is 0 Å². The average Bonchev–Trinajstić information content (AvgIpc) is 2.91. The van der Waals surface area contributed by atoms with Crippen LogP contribution in [0.25, 0.3) is 0 Å². The van der Waals surface area contributed by atoms with Crippen LogP contribution in [0.2, 0.25) is 0 Å². The lowest BCUT2D eigenvalue weighted by molar-refractivity contribution is -0.143. The van der Waals surface area contributed by atoms with Gasteiger partial charge in [0, 0.05) is 25.7 Å². The Hall–Kier alpha value is -2.08. The monoisotopic (exact) mass is 418 g/mol. The predicted molar refractivity (Wildman–Crippen MR) is 96.7 cm³/mol. The molecule has 3 aliphatic heterocycles. The SMILES string of the molecule is CC(C)(C)OC(=O)N1CCC(NC(=O)N2CC[C@@H]3C2C(=O)N3S(=O)(=O)O)CC1. The highest BCUT2D eigenvalue weighted by molar-refractivity contribution is 7.84. The quantitative estimate of drug-likeness (QED) is 0.482. The van der Waals surface area contributed by atoms with E-state index in [0.29, 0.717) is 36.7 Å². The molecule has 0 bridgehead atoms. The van der Waals surface area contributed by atoms with Crippen LogP contribution in [0.5, 0.6) is 0 Å². The second kappa shape index (κ2) is 7.07. The third kappa shape index (κ3) is 4.02. The fraction of sp³-hybridized carbons (Fsp3) is 0.812. The second-order valence-corrected chi connectivity index (χ2v) is 9.59. The number of β-lactam (4-membered cyclic amide) rings is 1. The molecule has 0 aliphatic carbocycles. The Kier molecular flexibility index (Phi) is 5.21. The van der Waals surface area contributed by atoms with Crippen molar-refractivity contribution in [2.45, 2.75) is 63.8 Å². The molecule has 0 aromatic carbocycles. The molecule has 11 nitrogen and oxygen atoms in total. The Morgan fingerprint density at radius 2 is 1.75 bits per heavy atom. The van der Waals surface area contributed by atoms with Crippen LogP contribution in [-0.4, -0.2) is 88.5 Å². The summed E-state index contributed by atoms with van der Waals surface area (Å²) in [4.78, 5) is 39.6. The van der Waals surface area contributed by atoms with Gasteiger partial charge in [0.25, 0.3) is 5.91 Å². The number of hydrogen-bond acceptors (Lipinski definition) is 6. The first-order valence-electron chi connectivity index (χ1n) is 9.24. The Morgan fingerprint density at radius 1 is 1.14 bits per heavy atom. The molecule has 3 heterocycles. The first kappa shape index (κ1) is 20.6. The van der Waals surface area contributed by atoms with Crippen LogP contribution >= 0.6 is 0 Å². The second-order valence-electron chi connectivity index (χ2n) is 8.30. The van der Waals surface area contributed by atoms with Crippen LogP contribution in [0.3, 0.4) is 0 Å². The van der Waals surface area contributed by atoms with Crippen LogP contribution in [0.15, 0.2) is 0 Å². The molecule has 0 saturated carbocycles. The van der Waals surface area contributed by atoms with Gasteiger partial charge in [0.15, 0.2) is 0 Å². The number of nitrogens with one attached hydrogen (secondary N) is 1. The van der Waals surface area contributed by atoms with E-state index in [-0.39, 0.29) is 18.7 Å². The van der Waals surface area contributed by atoms with Gasteiger partial charge in [0.1, 0.15) is 11.6 Å². The Balaban J connectivity index is 1.50. The smallest absolute Gasteiger partial charge is 0.410 e. The van der Waals surface area contributed by atoms with Crippen LogP contribution < -0.4 is 5.32 Å². The summed E-state index contributed by atoms with van der Waals surface area (Å²) in [6, 6.07) is -2.16. The van der Waals surface area contributed by atoms with Crippen molar-refractivity contribution in [2.75, 3.05) is 19.6 Å². The van der Waals surface area contributed by atoms with Crippen molar-refractivity contribution in [3.05, 3.63) is 0 Å². The lowest BCUT2D eigenvalue weighted by Gasteiger charge is -2.42. The van der Waals surface area contributed by atoms with Crippen molar-refractivity contribution >= 4 is 28.3 Å². The largest absolute Gasteiger partial charge is 0.444 e. The van der Waals surface area contributed by atoms with E-state index >= 15 is 0 Å². The molecule has 158 valence electrons. The maximum atomic E-state index is 12.5. The van der Waals surface area contributed by atoms with Crippen LogP contribution in [-0.2, 0) is 19.8 Å². The third-order valence-electron chi connectivity index (χ3n) is 5.12. The first-order chi connectivity index (χ1) is 12.9. The number of ether oxygens (including phenoxy) is 1. The van der Waals surface area contributed by atoms with Crippen LogP contribution in [0.4, 0.5) is 9.59 Å². The molecular weight excluding hydrogens is 392 g/mol. The maximum Gasteiger partial charge on any atom is 0.410 e. The summed E-state index contributed by atoms with van der Waals surface area (Å²) in [7, 11) is -4.60. The van der Waals surface area contributed by atoms with Gasteiger partial charge < -0.3 is 19.9 Å². The summed E-state index contributed by atoms with van der Waals surface area (Å²) in [5, 5.41) is 2.85. The normalized spacial score (nSPS) is 26.0. The summed E-state index contributed by atoms with van der Waals surface area (Å²) in [6.45, 7) is 6.52. The molecule has 1 unspecified atom stereocenters. The molecule has 2 N–H and O–H groups in total. The van der Waals surface area contributed by atoms with E-state index in [4.69, 9.17) is 9.29 Å². The number of urea groups is 1. The van der Waals surface area contributed by atoms with Gasteiger partial charge >= 0.3 is 22.4 Å². The van der Waals surface area contributed by atoms with Gasteiger partial charge in [-0.05, 0) is 40.0 Å². The molecule has 3 aliphatic rings. The highest BCUT2D eigenvalue weighted by atomic mass is 32.2. The summed E-state index contributed by atoms with van der Waals surface area (Å²) in [5.74, 6) is -0.792. The molecule has 0 radical (unpaired) electrons. The number of amides is 4. The Morgan fingerprint density at radius 3 is 2.29 bits per heavy atom. The molecule has 28 heavy (non-hydrogen) atoms. The first-order valence-corrected chi connectivity index (χ1v) is 10.6. The minimum Gasteiger partial charge on any atom is -0.444 e. The summed E-state index contributed by atoms with van der Waals surface area (Å²) < 4.78 is 37.3. The standard InChI is InChI=1S/C16H26N4O7S/c1-16(2,3)27-15(23)18-7-4-10(5-8-18)17-14(22)19-9-6-11-12(19)13(21)20(11)28(24,25)26/h10-12H,4-9H2,1-3H3,(H,17,22)(H,24,25,26)/t11-,12?/m1/s1. The number of carbonyl (C=O) groups is 3. The van der Waals surface area contributed by atoms with Gasteiger partial charge in [-0.1, -0.05) is 0 Å². The van der Waals surface area contributed by atoms with E-state index in [2.05, 4.69) is 5.32 Å². The minimum absolute atomic E-state index is 0.155. The van der Waals surface area contributed by atoms with E-state index < -0.39 is 39.9 Å². The molecule has 3 rings (SSSR count). The van der Waals surface area contributed by atoms with Gasteiger partial charge in [-0.3, -0.25) is 9.35 Å². The average molecular weight is 418 g/mol. The molecule has 12 heteroatoms. The third-order valence-corrected chi connectivity index (χ3v) is 6.07. The summed E-state index contributed by atoms with van der Waals surface area (Å²) >= 11 is 0. The number of carbonyl (C=O) groups excluding carboxylic acids is 3. The van der Waals surface area contributed by atoms with Crippen molar-refractivity contribution in [1.29, 1.82) is 0 Å². The number of piperidine rings is 1. The van der Waals surface area contributed by atoms with E-state index in [9.17, 15) is 22.8 Å². The summed E-state index contributed by atoms with van der Waals surface area (Å²) in [6.07, 6.45) is 1.02. The van der Waals surface area contributed by atoms with Crippen molar-refractivity contribution in [2.24, 2.45) is 0 Å². The zero-order chi connectivity index (χ0) is 20.9. The molecular formula is C16H26N4O7S. The maximum absolute atomic E-state index is 12.5.